The molecule has 27 heavy (non-hydrogen) atoms. The summed E-state index contributed by atoms with van der Waals surface area (Å²) in [5, 5.41) is 3.04. The van der Waals surface area contributed by atoms with Crippen molar-refractivity contribution in [1.29, 1.82) is 0 Å². The Labute approximate surface area is 163 Å². The molecule has 0 spiro atoms. The van der Waals surface area contributed by atoms with Crippen LogP contribution in [0.1, 0.15) is 52.4 Å². The summed E-state index contributed by atoms with van der Waals surface area (Å²) in [5.74, 6) is 1.82. The fraction of sp³-hybridized carbons (Fsp3) is 0.905. The number of likely N-dealkylation sites (tertiary alicyclic amines) is 2. The lowest BCUT2D eigenvalue weighted by Crippen LogP contribution is -2.37. The fourth-order valence-corrected chi connectivity index (χ4v) is 5.34. The van der Waals surface area contributed by atoms with E-state index >= 15 is 0 Å². The number of ether oxygens (including phenoxy) is 1. The Morgan fingerprint density at radius 1 is 1.15 bits per heavy atom. The molecule has 152 valence electrons. The van der Waals surface area contributed by atoms with Crippen molar-refractivity contribution >= 4 is 11.8 Å². The molecule has 4 rings (SSSR count). The number of nitrogens with one attached hydrogen (secondary N) is 1. The first-order chi connectivity index (χ1) is 13.0. The smallest absolute Gasteiger partial charge is 0.225 e. The number of carbonyl (C=O) groups excluding carboxylic acids is 2. The zero-order valence-electron chi connectivity index (χ0n) is 16.9. The lowest BCUT2D eigenvalue weighted by atomic mass is 9.84. The van der Waals surface area contributed by atoms with Crippen LogP contribution in [-0.4, -0.2) is 72.6 Å². The van der Waals surface area contributed by atoms with Gasteiger partial charge in [0.25, 0.3) is 0 Å². The summed E-state index contributed by atoms with van der Waals surface area (Å²) in [5.41, 5.74) is 0. The third-order valence-corrected chi connectivity index (χ3v) is 6.76. The molecule has 0 bridgehead atoms. The molecule has 1 aliphatic carbocycles. The maximum absolute atomic E-state index is 12.7. The van der Waals surface area contributed by atoms with Gasteiger partial charge in [-0.15, -0.1) is 0 Å². The average Bonchev–Trinajstić information content (AvgIpc) is 3.00. The van der Waals surface area contributed by atoms with Gasteiger partial charge < -0.3 is 15.0 Å². The molecular weight excluding hydrogens is 342 g/mol. The van der Waals surface area contributed by atoms with Gasteiger partial charge in [0.1, 0.15) is 0 Å². The van der Waals surface area contributed by atoms with E-state index in [0.29, 0.717) is 30.7 Å². The summed E-state index contributed by atoms with van der Waals surface area (Å²) in [6.45, 7) is 8.64. The molecular formula is C21H35N3O3. The Balaban J connectivity index is 1.42. The Morgan fingerprint density at radius 2 is 1.89 bits per heavy atom. The minimum Gasteiger partial charge on any atom is -0.376 e. The number of amides is 2. The van der Waals surface area contributed by atoms with Gasteiger partial charge in [-0.25, -0.2) is 0 Å². The van der Waals surface area contributed by atoms with Crippen molar-refractivity contribution in [1.82, 2.24) is 15.1 Å². The SMILES string of the molecule is CC(C)NC(=O)C[C@@H]1CN(CC2CC2)[C@@H]2CO[C@@H](CC(=O)N3CCCC3)[C@H]12. The molecule has 0 radical (unpaired) electrons. The van der Waals surface area contributed by atoms with Gasteiger partial charge in [-0.3, -0.25) is 14.5 Å². The normalized spacial score (nSPS) is 33.7. The quantitative estimate of drug-likeness (QED) is 0.733. The first-order valence-corrected chi connectivity index (χ1v) is 10.9. The number of hydrogen-bond donors (Lipinski definition) is 1. The van der Waals surface area contributed by atoms with E-state index in [2.05, 4.69) is 10.2 Å². The van der Waals surface area contributed by atoms with Crippen molar-refractivity contribution < 1.29 is 14.3 Å². The molecule has 3 saturated heterocycles. The number of nitrogens with zero attached hydrogens (tertiary/aromatic N) is 2. The van der Waals surface area contributed by atoms with Crippen LogP contribution in [0.4, 0.5) is 0 Å². The zero-order valence-corrected chi connectivity index (χ0v) is 16.9. The predicted molar refractivity (Wildman–Crippen MR) is 103 cm³/mol. The summed E-state index contributed by atoms with van der Waals surface area (Å²) >= 11 is 0. The summed E-state index contributed by atoms with van der Waals surface area (Å²) < 4.78 is 6.15. The van der Waals surface area contributed by atoms with Gasteiger partial charge in [0, 0.05) is 50.6 Å². The highest BCUT2D eigenvalue weighted by atomic mass is 16.5. The van der Waals surface area contributed by atoms with Crippen LogP contribution in [0, 0.1) is 17.8 Å². The van der Waals surface area contributed by atoms with E-state index in [1.165, 1.54) is 12.8 Å². The number of carbonyl (C=O) groups is 2. The van der Waals surface area contributed by atoms with E-state index in [1.54, 1.807) is 0 Å². The Bertz CT molecular complexity index is 557. The van der Waals surface area contributed by atoms with E-state index in [1.807, 2.05) is 18.7 Å². The number of fused-ring (bicyclic) bond motifs is 1. The summed E-state index contributed by atoms with van der Waals surface area (Å²) in [7, 11) is 0. The molecule has 6 nitrogen and oxygen atoms in total. The third kappa shape index (κ3) is 4.48. The fourth-order valence-electron chi connectivity index (χ4n) is 5.34. The number of hydrogen-bond acceptors (Lipinski definition) is 4. The molecule has 3 aliphatic heterocycles. The first kappa shape index (κ1) is 19.2. The summed E-state index contributed by atoms with van der Waals surface area (Å²) in [6, 6.07) is 0.559. The van der Waals surface area contributed by atoms with E-state index in [4.69, 9.17) is 4.74 Å². The standard InChI is InChI=1S/C21H35N3O3/c1-14(2)22-19(25)9-16-12-24(11-15-5-6-15)17-13-27-18(21(16)17)10-20(26)23-7-3-4-8-23/h14-18,21H,3-13H2,1-2H3,(H,22,25)/t16-,17-,18+,21-/m1/s1. The zero-order chi connectivity index (χ0) is 19.0. The molecule has 0 aromatic rings. The lowest BCUT2D eigenvalue weighted by Gasteiger charge is -2.25. The van der Waals surface area contributed by atoms with Crippen molar-refractivity contribution in [3.8, 4) is 0 Å². The van der Waals surface area contributed by atoms with Crippen molar-refractivity contribution in [2.24, 2.45) is 17.8 Å². The van der Waals surface area contributed by atoms with Gasteiger partial charge in [0.15, 0.2) is 0 Å². The van der Waals surface area contributed by atoms with Gasteiger partial charge >= 0.3 is 0 Å². The molecule has 1 N–H and O–H groups in total. The molecule has 0 aromatic carbocycles. The van der Waals surface area contributed by atoms with Gasteiger partial charge in [0.2, 0.25) is 11.8 Å². The Morgan fingerprint density at radius 3 is 2.56 bits per heavy atom. The summed E-state index contributed by atoms with van der Waals surface area (Å²) in [4.78, 5) is 29.7. The van der Waals surface area contributed by atoms with Gasteiger partial charge in [-0.2, -0.15) is 0 Å². The lowest BCUT2D eigenvalue weighted by molar-refractivity contribution is -0.133. The van der Waals surface area contributed by atoms with E-state index < -0.39 is 0 Å². The van der Waals surface area contributed by atoms with Crippen LogP contribution < -0.4 is 5.32 Å². The third-order valence-electron chi connectivity index (χ3n) is 6.76. The average molecular weight is 378 g/mol. The second-order valence-electron chi connectivity index (χ2n) is 9.39. The maximum atomic E-state index is 12.7. The van der Waals surface area contributed by atoms with Crippen molar-refractivity contribution in [2.45, 2.75) is 70.6 Å². The monoisotopic (exact) mass is 377 g/mol. The molecule has 4 fully saturated rings. The first-order valence-electron chi connectivity index (χ1n) is 10.9. The van der Waals surface area contributed by atoms with Crippen LogP contribution in [-0.2, 0) is 14.3 Å². The van der Waals surface area contributed by atoms with Gasteiger partial charge in [0.05, 0.1) is 19.1 Å². The molecule has 1 saturated carbocycles. The Kier molecular flexibility index (Phi) is 5.74. The molecule has 2 amide bonds. The minimum atomic E-state index is -0.0239. The van der Waals surface area contributed by atoms with Crippen LogP contribution in [0.2, 0.25) is 0 Å². The second kappa shape index (κ2) is 8.08. The topological polar surface area (TPSA) is 61.9 Å². The van der Waals surface area contributed by atoms with Gasteiger partial charge in [-0.05, 0) is 51.4 Å². The van der Waals surface area contributed by atoms with Gasteiger partial charge in [-0.1, -0.05) is 0 Å². The molecule has 0 aromatic heterocycles. The largest absolute Gasteiger partial charge is 0.376 e. The van der Waals surface area contributed by atoms with Crippen molar-refractivity contribution in [3.63, 3.8) is 0 Å². The van der Waals surface area contributed by atoms with Crippen LogP contribution >= 0.6 is 0 Å². The Hall–Kier alpha value is -1.14. The van der Waals surface area contributed by atoms with Crippen LogP contribution in [0.3, 0.4) is 0 Å². The van der Waals surface area contributed by atoms with Crippen molar-refractivity contribution in [3.05, 3.63) is 0 Å². The molecule has 3 heterocycles. The molecule has 4 atom stereocenters. The van der Waals surface area contributed by atoms with Crippen LogP contribution in [0.5, 0.6) is 0 Å². The minimum absolute atomic E-state index is 0.0239. The highest BCUT2D eigenvalue weighted by molar-refractivity contribution is 5.77. The second-order valence-corrected chi connectivity index (χ2v) is 9.39. The predicted octanol–water partition coefficient (Wildman–Crippen LogP) is 1.64. The van der Waals surface area contributed by atoms with Crippen LogP contribution in [0.15, 0.2) is 0 Å². The number of rotatable bonds is 7. The van der Waals surface area contributed by atoms with Crippen LogP contribution in [0.25, 0.3) is 0 Å². The van der Waals surface area contributed by atoms with E-state index in [-0.39, 0.29) is 24.0 Å². The molecule has 6 heteroatoms. The van der Waals surface area contributed by atoms with E-state index in [0.717, 1.165) is 51.5 Å². The molecule has 4 aliphatic rings. The summed E-state index contributed by atoms with van der Waals surface area (Å²) in [6.07, 6.45) is 5.93. The molecule has 0 unspecified atom stereocenters. The van der Waals surface area contributed by atoms with E-state index in [9.17, 15) is 9.59 Å². The maximum Gasteiger partial charge on any atom is 0.225 e. The van der Waals surface area contributed by atoms with Crippen molar-refractivity contribution in [2.75, 3.05) is 32.8 Å². The highest BCUT2D eigenvalue weighted by Gasteiger charge is 2.52. The highest BCUT2D eigenvalue weighted by Crippen LogP contribution is 2.43.